The predicted molar refractivity (Wildman–Crippen MR) is 252 cm³/mol. The van der Waals surface area contributed by atoms with Gasteiger partial charge in [-0.2, -0.15) is 0 Å². The van der Waals surface area contributed by atoms with Gasteiger partial charge in [0.1, 0.15) is 13.2 Å². The second-order valence-electron chi connectivity index (χ2n) is 17.1. The number of rotatable bonds is 46. The average Bonchev–Trinajstić information content (AvgIpc) is 3.23. The third-order valence-corrected chi connectivity index (χ3v) is 11.1. The molecule has 0 saturated carbocycles. The maximum atomic E-state index is 12.8. The molecule has 1 unspecified atom stereocenters. The number of ether oxygens (including phenoxy) is 3. The third-order valence-electron chi connectivity index (χ3n) is 11.1. The molecule has 0 N–H and O–H groups in total. The first kappa shape index (κ1) is 56.6. The Kier molecular flexibility index (Phi) is 46.4. The van der Waals surface area contributed by atoms with E-state index < -0.39 is 6.10 Å². The van der Waals surface area contributed by atoms with Crippen LogP contribution in [0.4, 0.5) is 0 Å². The molecule has 0 aromatic rings. The van der Waals surface area contributed by atoms with E-state index in [9.17, 15) is 14.4 Å². The fraction of sp³-hybridized carbons (Fsp3) is 0.830. The minimum absolute atomic E-state index is 0.0784. The molecule has 6 heteroatoms. The Morgan fingerprint density at radius 3 is 1.02 bits per heavy atom. The predicted octanol–water partition coefficient (Wildman–Crippen LogP) is 16.5. The van der Waals surface area contributed by atoms with Gasteiger partial charge < -0.3 is 14.2 Å². The topological polar surface area (TPSA) is 78.9 Å². The van der Waals surface area contributed by atoms with Crippen molar-refractivity contribution in [2.24, 2.45) is 0 Å². The van der Waals surface area contributed by atoms with Crippen molar-refractivity contribution in [1.82, 2.24) is 0 Å². The molecule has 0 aliphatic rings. The Bertz CT molecular complexity index is 1000. The van der Waals surface area contributed by atoms with Crippen molar-refractivity contribution in [3.05, 3.63) is 36.5 Å². The summed E-state index contributed by atoms with van der Waals surface area (Å²) in [4.78, 5) is 37.9. The molecule has 0 fully saturated rings. The van der Waals surface area contributed by atoms with Gasteiger partial charge in [0.2, 0.25) is 0 Å². The maximum Gasteiger partial charge on any atom is 0.306 e. The molecule has 344 valence electrons. The van der Waals surface area contributed by atoms with Gasteiger partial charge in [-0.3, -0.25) is 14.4 Å². The molecule has 0 heterocycles. The first-order chi connectivity index (χ1) is 29.0. The smallest absolute Gasteiger partial charge is 0.306 e. The standard InChI is InChI=1S/C53H96O6/c1-4-7-10-13-16-19-22-25-28-31-34-37-40-43-46-52(55)58-49-50(48-57-51(54)45-42-39-36-33-30-27-24-21-18-15-12-9-6-3)59-53(56)47-44-41-38-35-32-29-26-23-20-17-14-11-8-5-2/h12,15,21-22,24-25,50H,4-11,13-14,16-20,23,26-49H2,1-3H3/b15-12-,24-21-,25-22-. The second kappa shape index (κ2) is 48.3. The van der Waals surface area contributed by atoms with E-state index >= 15 is 0 Å². The first-order valence-electron chi connectivity index (χ1n) is 25.5. The van der Waals surface area contributed by atoms with Gasteiger partial charge in [-0.25, -0.2) is 0 Å². The molecule has 0 bridgehead atoms. The summed E-state index contributed by atoms with van der Waals surface area (Å²) >= 11 is 0. The zero-order valence-corrected chi connectivity index (χ0v) is 39.3. The van der Waals surface area contributed by atoms with Gasteiger partial charge in [-0.05, 0) is 70.6 Å². The van der Waals surface area contributed by atoms with Crippen molar-refractivity contribution in [2.45, 2.75) is 271 Å². The lowest BCUT2D eigenvalue weighted by molar-refractivity contribution is -0.167. The van der Waals surface area contributed by atoms with E-state index in [1.165, 1.54) is 135 Å². The van der Waals surface area contributed by atoms with E-state index in [-0.39, 0.29) is 31.1 Å². The van der Waals surface area contributed by atoms with Crippen LogP contribution in [-0.2, 0) is 28.6 Å². The van der Waals surface area contributed by atoms with E-state index in [2.05, 4.69) is 57.2 Å². The van der Waals surface area contributed by atoms with Crippen molar-refractivity contribution < 1.29 is 28.6 Å². The van der Waals surface area contributed by atoms with Crippen LogP contribution >= 0.6 is 0 Å². The maximum absolute atomic E-state index is 12.8. The van der Waals surface area contributed by atoms with Crippen LogP contribution in [0.5, 0.6) is 0 Å². The second-order valence-corrected chi connectivity index (χ2v) is 17.1. The van der Waals surface area contributed by atoms with Gasteiger partial charge in [0.15, 0.2) is 6.10 Å². The summed E-state index contributed by atoms with van der Waals surface area (Å²) in [6, 6.07) is 0. The van der Waals surface area contributed by atoms with Crippen LogP contribution in [0.1, 0.15) is 265 Å². The van der Waals surface area contributed by atoms with E-state index in [0.717, 1.165) is 89.9 Å². The van der Waals surface area contributed by atoms with Gasteiger partial charge in [-0.1, -0.05) is 211 Å². The van der Waals surface area contributed by atoms with E-state index in [0.29, 0.717) is 19.3 Å². The molecule has 6 nitrogen and oxygen atoms in total. The Morgan fingerprint density at radius 2 is 0.644 bits per heavy atom. The van der Waals surface area contributed by atoms with Crippen LogP contribution in [0.2, 0.25) is 0 Å². The highest BCUT2D eigenvalue weighted by atomic mass is 16.6. The van der Waals surface area contributed by atoms with Gasteiger partial charge in [-0.15, -0.1) is 0 Å². The monoisotopic (exact) mass is 829 g/mol. The number of unbranched alkanes of at least 4 members (excludes halogenated alkanes) is 29. The van der Waals surface area contributed by atoms with E-state index in [1.807, 2.05) is 0 Å². The zero-order chi connectivity index (χ0) is 43.0. The van der Waals surface area contributed by atoms with Crippen LogP contribution in [0.15, 0.2) is 36.5 Å². The lowest BCUT2D eigenvalue weighted by Crippen LogP contribution is -2.30. The Morgan fingerprint density at radius 1 is 0.339 bits per heavy atom. The van der Waals surface area contributed by atoms with Gasteiger partial charge in [0.25, 0.3) is 0 Å². The van der Waals surface area contributed by atoms with Gasteiger partial charge in [0.05, 0.1) is 0 Å². The largest absolute Gasteiger partial charge is 0.462 e. The first-order valence-corrected chi connectivity index (χ1v) is 25.5. The van der Waals surface area contributed by atoms with Crippen molar-refractivity contribution in [3.8, 4) is 0 Å². The molecule has 1 atom stereocenters. The molecular formula is C53H96O6. The minimum Gasteiger partial charge on any atom is -0.462 e. The van der Waals surface area contributed by atoms with Crippen LogP contribution in [0.3, 0.4) is 0 Å². The molecule has 0 aromatic heterocycles. The molecule has 0 saturated heterocycles. The summed E-state index contributed by atoms with van der Waals surface area (Å²) in [5, 5.41) is 0. The fourth-order valence-corrected chi connectivity index (χ4v) is 7.24. The van der Waals surface area contributed by atoms with Crippen molar-refractivity contribution in [1.29, 1.82) is 0 Å². The summed E-state index contributed by atoms with van der Waals surface area (Å²) in [6.45, 7) is 6.56. The highest BCUT2D eigenvalue weighted by Gasteiger charge is 2.19. The Balaban J connectivity index is 4.38. The van der Waals surface area contributed by atoms with Crippen molar-refractivity contribution in [2.75, 3.05) is 13.2 Å². The lowest BCUT2D eigenvalue weighted by Gasteiger charge is -2.18. The molecule has 59 heavy (non-hydrogen) atoms. The van der Waals surface area contributed by atoms with Crippen LogP contribution < -0.4 is 0 Å². The van der Waals surface area contributed by atoms with Crippen molar-refractivity contribution >= 4 is 17.9 Å². The molecule has 0 aliphatic heterocycles. The van der Waals surface area contributed by atoms with Crippen molar-refractivity contribution in [3.63, 3.8) is 0 Å². The van der Waals surface area contributed by atoms with E-state index in [4.69, 9.17) is 14.2 Å². The fourth-order valence-electron chi connectivity index (χ4n) is 7.24. The van der Waals surface area contributed by atoms with Crippen LogP contribution in [0, 0.1) is 0 Å². The number of carbonyl (C=O) groups excluding carboxylic acids is 3. The molecule has 0 rings (SSSR count). The summed E-state index contributed by atoms with van der Waals surface area (Å²) in [6.07, 6.45) is 55.5. The molecule has 0 radical (unpaired) electrons. The molecule has 0 amide bonds. The molecular weight excluding hydrogens is 733 g/mol. The number of carbonyl (C=O) groups is 3. The molecule has 0 aromatic carbocycles. The zero-order valence-electron chi connectivity index (χ0n) is 39.3. The minimum atomic E-state index is -0.776. The highest BCUT2D eigenvalue weighted by molar-refractivity contribution is 5.71. The number of allylic oxidation sites excluding steroid dienone is 6. The summed E-state index contributed by atoms with van der Waals surface area (Å²) in [7, 11) is 0. The number of hydrogen-bond acceptors (Lipinski definition) is 6. The van der Waals surface area contributed by atoms with Gasteiger partial charge in [0, 0.05) is 19.3 Å². The lowest BCUT2D eigenvalue weighted by atomic mass is 10.0. The summed E-state index contributed by atoms with van der Waals surface area (Å²) < 4.78 is 16.8. The highest BCUT2D eigenvalue weighted by Crippen LogP contribution is 2.15. The summed E-state index contributed by atoms with van der Waals surface area (Å²) in [5.74, 6) is -0.891. The van der Waals surface area contributed by atoms with Crippen LogP contribution in [-0.4, -0.2) is 37.2 Å². The Labute approximate surface area is 365 Å². The van der Waals surface area contributed by atoms with Crippen LogP contribution in [0.25, 0.3) is 0 Å². The number of esters is 3. The normalized spacial score (nSPS) is 12.3. The quantitative estimate of drug-likeness (QED) is 0.0263. The van der Waals surface area contributed by atoms with E-state index in [1.54, 1.807) is 0 Å². The third kappa shape index (κ3) is 46.5. The SMILES string of the molecule is CCC/C=C\C/C=C\CCCCCCCC(=O)OCC(COC(=O)CCCCCCC/C=C\CCCCCCC)OC(=O)CCCCCCCCCCCCCCCC. The molecule has 0 spiro atoms. The van der Waals surface area contributed by atoms with Gasteiger partial charge >= 0.3 is 17.9 Å². The average molecular weight is 829 g/mol. The summed E-state index contributed by atoms with van der Waals surface area (Å²) in [5.41, 5.74) is 0. The Hall–Kier alpha value is -2.37. The number of hydrogen-bond donors (Lipinski definition) is 0. The molecule has 0 aliphatic carbocycles.